The summed E-state index contributed by atoms with van der Waals surface area (Å²) in [5.41, 5.74) is 3.31. The van der Waals surface area contributed by atoms with Gasteiger partial charge in [-0.1, -0.05) is 67.1 Å². The van der Waals surface area contributed by atoms with Crippen LogP contribution in [0.15, 0.2) is 71.4 Å². The van der Waals surface area contributed by atoms with Gasteiger partial charge in [0, 0.05) is 5.57 Å². The molecule has 0 saturated heterocycles. The molecule has 0 saturated carbocycles. The fraction of sp³-hybridized carbons (Fsp3) is 0.273. The Hall–Kier alpha value is -2.48. The summed E-state index contributed by atoms with van der Waals surface area (Å²) in [5.74, 6) is 0.0595. The SMILES string of the molecule is CC(=O)/C=C(/C)C(=O)/C(C)=C/C(C)=C/C(C)/C=C/c1ccccc1. The van der Waals surface area contributed by atoms with Gasteiger partial charge in [-0.05, 0) is 50.8 Å². The summed E-state index contributed by atoms with van der Waals surface area (Å²) in [6.07, 6.45) is 9.58. The summed E-state index contributed by atoms with van der Waals surface area (Å²) >= 11 is 0. The fourth-order valence-electron chi connectivity index (χ4n) is 2.43. The van der Waals surface area contributed by atoms with Crippen molar-refractivity contribution in [3.63, 3.8) is 0 Å². The molecule has 0 amide bonds. The number of Topliss-reactive ketones (excluding diaryl/α,β-unsaturated/α-hetero) is 1. The van der Waals surface area contributed by atoms with Crippen LogP contribution in [0.3, 0.4) is 0 Å². The number of hydrogen-bond acceptors (Lipinski definition) is 2. The molecule has 1 unspecified atom stereocenters. The molecule has 0 heterocycles. The van der Waals surface area contributed by atoms with Gasteiger partial charge < -0.3 is 0 Å². The summed E-state index contributed by atoms with van der Waals surface area (Å²) in [6, 6.07) is 10.2. The van der Waals surface area contributed by atoms with E-state index in [0.717, 1.165) is 5.57 Å². The average Bonchev–Trinajstić information content (AvgIpc) is 2.52. The summed E-state index contributed by atoms with van der Waals surface area (Å²) in [7, 11) is 0. The smallest absolute Gasteiger partial charge is 0.184 e. The Balaban J connectivity index is 2.79. The van der Waals surface area contributed by atoms with Gasteiger partial charge in [0.15, 0.2) is 11.6 Å². The van der Waals surface area contributed by atoms with E-state index in [2.05, 4.69) is 37.3 Å². The van der Waals surface area contributed by atoms with E-state index in [1.807, 2.05) is 31.2 Å². The summed E-state index contributed by atoms with van der Waals surface area (Å²) in [5, 5.41) is 0. The van der Waals surface area contributed by atoms with Crippen LogP contribution in [0.4, 0.5) is 0 Å². The lowest BCUT2D eigenvalue weighted by Gasteiger charge is -2.04. The Morgan fingerprint density at radius 1 is 0.917 bits per heavy atom. The van der Waals surface area contributed by atoms with Gasteiger partial charge in [0.25, 0.3) is 0 Å². The number of rotatable bonds is 7. The third-order valence-electron chi connectivity index (χ3n) is 3.50. The third-order valence-corrected chi connectivity index (χ3v) is 3.50. The second-order valence-electron chi connectivity index (χ2n) is 6.13. The quantitative estimate of drug-likeness (QED) is 0.502. The highest BCUT2D eigenvalue weighted by Gasteiger charge is 2.07. The first-order valence-electron chi connectivity index (χ1n) is 8.13. The van der Waals surface area contributed by atoms with E-state index in [-0.39, 0.29) is 17.5 Å². The molecule has 1 rings (SSSR count). The first kappa shape index (κ1) is 19.6. The van der Waals surface area contributed by atoms with Gasteiger partial charge in [0.2, 0.25) is 0 Å². The van der Waals surface area contributed by atoms with Crippen LogP contribution in [0, 0.1) is 5.92 Å². The molecule has 0 fully saturated rings. The van der Waals surface area contributed by atoms with E-state index in [1.54, 1.807) is 13.8 Å². The molecule has 0 bridgehead atoms. The molecule has 0 aliphatic carbocycles. The molecule has 2 heteroatoms. The number of hydrogen-bond donors (Lipinski definition) is 0. The average molecular weight is 322 g/mol. The van der Waals surface area contributed by atoms with E-state index in [0.29, 0.717) is 11.1 Å². The Kier molecular flexibility index (Phi) is 7.84. The standard InChI is InChI=1S/C22H26O2/c1-16(11-12-21-9-7-6-8-10-21)13-17(2)14-18(3)22(24)19(4)15-20(5)23/h6-16H,1-5H3/b12-11+,17-13+,18-14+,19-15-. The Bertz CT molecular complexity index is 701. The lowest BCUT2D eigenvalue weighted by Crippen LogP contribution is -2.03. The van der Waals surface area contributed by atoms with Gasteiger partial charge in [-0.3, -0.25) is 9.59 Å². The van der Waals surface area contributed by atoms with E-state index in [4.69, 9.17) is 0 Å². The van der Waals surface area contributed by atoms with E-state index >= 15 is 0 Å². The van der Waals surface area contributed by atoms with Crippen LogP contribution in [0.25, 0.3) is 6.08 Å². The van der Waals surface area contributed by atoms with Gasteiger partial charge in [0.1, 0.15) is 0 Å². The van der Waals surface area contributed by atoms with Crippen LogP contribution in [-0.4, -0.2) is 11.6 Å². The van der Waals surface area contributed by atoms with Gasteiger partial charge in [-0.15, -0.1) is 0 Å². The second-order valence-corrected chi connectivity index (χ2v) is 6.13. The number of carbonyl (C=O) groups excluding carboxylic acids is 2. The van der Waals surface area contributed by atoms with Crippen molar-refractivity contribution in [3.8, 4) is 0 Å². The fourth-order valence-corrected chi connectivity index (χ4v) is 2.43. The minimum absolute atomic E-state index is 0.0922. The van der Waals surface area contributed by atoms with Crippen LogP contribution in [0.5, 0.6) is 0 Å². The van der Waals surface area contributed by atoms with Crippen molar-refractivity contribution in [2.24, 2.45) is 5.92 Å². The minimum Gasteiger partial charge on any atom is -0.295 e. The van der Waals surface area contributed by atoms with Crippen LogP contribution >= 0.6 is 0 Å². The molecule has 126 valence electrons. The molecule has 1 aromatic carbocycles. The van der Waals surface area contributed by atoms with E-state index in [9.17, 15) is 9.59 Å². The third kappa shape index (κ3) is 7.19. The van der Waals surface area contributed by atoms with E-state index < -0.39 is 0 Å². The van der Waals surface area contributed by atoms with Crippen molar-refractivity contribution in [2.45, 2.75) is 34.6 Å². The zero-order valence-corrected chi connectivity index (χ0v) is 15.2. The maximum Gasteiger partial charge on any atom is 0.184 e. The monoisotopic (exact) mass is 322 g/mol. The molecule has 0 spiro atoms. The number of carbonyl (C=O) groups is 2. The Labute approximate surface area is 145 Å². The van der Waals surface area contributed by atoms with E-state index in [1.165, 1.54) is 18.6 Å². The maximum absolute atomic E-state index is 12.2. The molecule has 2 nitrogen and oxygen atoms in total. The molecular formula is C22H26O2. The van der Waals surface area contributed by atoms with Crippen molar-refractivity contribution in [1.82, 2.24) is 0 Å². The molecule has 1 atom stereocenters. The minimum atomic E-state index is -0.111. The predicted octanol–water partition coefficient (Wildman–Crippen LogP) is 5.33. The predicted molar refractivity (Wildman–Crippen MR) is 102 cm³/mol. The zero-order valence-electron chi connectivity index (χ0n) is 15.2. The van der Waals surface area contributed by atoms with Crippen LogP contribution in [-0.2, 0) is 9.59 Å². The van der Waals surface area contributed by atoms with Gasteiger partial charge >= 0.3 is 0 Å². The zero-order chi connectivity index (χ0) is 18.1. The molecular weight excluding hydrogens is 296 g/mol. The molecule has 1 aromatic rings. The van der Waals surface area contributed by atoms with Crippen LogP contribution < -0.4 is 0 Å². The maximum atomic E-state index is 12.2. The highest BCUT2D eigenvalue weighted by atomic mass is 16.1. The van der Waals surface area contributed by atoms with Crippen molar-refractivity contribution in [3.05, 3.63) is 76.9 Å². The molecule has 0 aromatic heterocycles. The lowest BCUT2D eigenvalue weighted by molar-refractivity contribution is -0.114. The van der Waals surface area contributed by atoms with Crippen molar-refractivity contribution < 1.29 is 9.59 Å². The van der Waals surface area contributed by atoms with Crippen molar-refractivity contribution in [2.75, 3.05) is 0 Å². The molecule has 24 heavy (non-hydrogen) atoms. The highest BCUT2D eigenvalue weighted by molar-refractivity contribution is 6.10. The van der Waals surface area contributed by atoms with Crippen LogP contribution in [0.1, 0.15) is 40.2 Å². The summed E-state index contributed by atoms with van der Waals surface area (Å²) in [4.78, 5) is 23.3. The first-order valence-corrected chi connectivity index (χ1v) is 8.13. The molecule has 0 aliphatic heterocycles. The largest absolute Gasteiger partial charge is 0.295 e. The lowest BCUT2D eigenvalue weighted by atomic mass is 10.0. The molecule has 0 N–H and O–H groups in total. The first-order chi connectivity index (χ1) is 11.3. The van der Waals surface area contributed by atoms with Gasteiger partial charge in [-0.25, -0.2) is 0 Å². The van der Waals surface area contributed by atoms with Crippen molar-refractivity contribution in [1.29, 1.82) is 0 Å². The number of ketones is 2. The molecule has 0 radical (unpaired) electrons. The second kappa shape index (κ2) is 9.61. The highest BCUT2D eigenvalue weighted by Crippen LogP contribution is 2.13. The number of benzene rings is 1. The van der Waals surface area contributed by atoms with Crippen molar-refractivity contribution >= 4 is 17.6 Å². The molecule has 0 aliphatic rings. The number of allylic oxidation sites excluding steroid dienone is 7. The Morgan fingerprint density at radius 3 is 2.08 bits per heavy atom. The summed E-state index contributed by atoms with van der Waals surface area (Å²) < 4.78 is 0. The topological polar surface area (TPSA) is 34.1 Å². The normalized spacial score (nSPS) is 14.8. The van der Waals surface area contributed by atoms with Gasteiger partial charge in [-0.2, -0.15) is 0 Å². The van der Waals surface area contributed by atoms with Crippen LogP contribution in [0.2, 0.25) is 0 Å². The van der Waals surface area contributed by atoms with Gasteiger partial charge in [0.05, 0.1) is 0 Å². The summed E-state index contributed by atoms with van der Waals surface area (Å²) in [6.45, 7) is 8.98. The Morgan fingerprint density at radius 2 is 1.50 bits per heavy atom.